The van der Waals surface area contributed by atoms with Gasteiger partial charge in [0.25, 0.3) is 5.91 Å². The highest BCUT2D eigenvalue weighted by Crippen LogP contribution is 2.32. The second-order valence-electron chi connectivity index (χ2n) is 7.66. The summed E-state index contributed by atoms with van der Waals surface area (Å²) in [6.07, 6.45) is 0.620. The number of hydrogen-bond donors (Lipinski definition) is 3. The van der Waals surface area contributed by atoms with Crippen LogP contribution in [0.1, 0.15) is 35.2 Å². The zero-order valence-electron chi connectivity index (χ0n) is 18.9. The van der Waals surface area contributed by atoms with Crippen LogP contribution in [0.15, 0.2) is 18.2 Å². The number of halogens is 1. The smallest absolute Gasteiger partial charge is 0.255 e. The standard InChI is InChI=1S/C22H30N4O7.ClH/c23-7-9-32-11-13-33-12-10-31-8-6-20(28)24-17-3-1-2-15-16(17)14-26(22(15)30)18-4-5-19(27)25-21(18)29;/h1-3,18H,4-14,23H2,(H,24,28)(H,25,27,29);1H. The zero-order valence-corrected chi connectivity index (χ0v) is 19.7. The molecule has 11 nitrogen and oxygen atoms in total. The van der Waals surface area contributed by atoms with Crippen molar-refractivity contribution in [1.82, 2.24) is 10.2 Å². The molecule has 4 amide bonds. The maximum atomic E-state index is 12.8. The summed E-state index contributed by atoms with van der Waals surface area (Å²) in [4.78, 5) is 50.2. The second-order valence-corrected chi connectivity index (χ2v) is 7.66. The fourth-order valence-corrected chi connectivity index (χ4v) is 3.71. The third-order valence-electron chi connectivity index (χ3n) is 5.34. The third-order valence-corrected chi connectivity index (χ3v) is 5.34. The molecule has 1 atom stereocenters. The van der Waals surface area contributed by atoms with Crippen LogP contribution < -0.4 is 16.4 Å². The van der Waals surface area contributed by atoms with Crippen molar-refractivity contribution >= 4 is 41.7 Å². The topological polar surface area (TPSA) is 149 Å². The molecule has 1 aromatic rings. The maximum Gasteiger partial charge on any atom is 0.255 e. The van der Waals surface area contributed by atoms with Gasteiger partial charge in [0.1, 0.15) is 6.04 Å². The molecule has 2 heterocycles. The number of amides is 4. The van der Waals surface area contributed by atoms with E-state index in [4.69, 9.17) is 19.9 Å². The first-order valence-electron chi connectivity index (χ1n) is 11.0. The van der Waals surface area contributed by atoms with E-state index in [2.05, 4.69) is 10.6 Å². The minimum Gasteiger partial charge on any atom is -0.379 e. The van der Waals surface area contributed by atoms with Gasteiger partial charge in [-0.2, -0.15) is 0 Å². The van der Waals surface area contributed by atoms with Gasteiger partial charge in [0, 0.05) is 36.3 Å². The quantitative estimate of drug-likeness (QED) is 0.258. The van der Waals surface area contributed by atoms with E-state index in [9.17, 15) is 19.2 Å². The van der Waals surface area contributed by atoms with E-state index in [1.165, 1.54) is 4.90 Å². The molecule has 2 aliphatic rings. The summed E-state index contributed by atoms with van der Waals surface area (Å²) in [7, 11) is 0. The van der Waals surface area contributed by atoms with Gasteiger partial charge in [0.05, 0.1) is 46.1 Å². The Bertz CT molecular complexity index is 883. The highest BCUT2D eigenvalue weighted by Gasteiger charge is 2.39. The molecule has 0 saturated carbocycles. The highest BCUT2D eigenvalue weighted by molar-refractivity contribution is 6.06. The monoisotopic (exact) mass is 498 g/mol. The number of carbonyl (C=O) groups excluding carboxylic acids is 4. The van der Waals surface area contributed by atoms with Gasteiger partial charge in [-0.15, -0.1) is 12.4 Å². The average Bonchev–Trinajstić information content (AvgIpc) is 3.12. The molecule has 1 fully saturated rings. The van der Waals surface area contributed by atoms with Gasteiger partial charge in [-0.3, -0.25) is 24.5 Å². The first kappa shape index (κ1) is 27.7. The number of ether oxygens (including phenoxy) is 3. The summed E-state index contributed by atoms with van der Waals surface area (Å²) in [6, 6.07) is 4.38. The second kappa shape index (κ2) is 14.0. The molecule has 188 valence electrons. The molecule has 0 aromatic heterocycles. The number of imide groups is 1. The van der Waals surface area contributed by atoms with Gasteiger partial charge in [-0.25, -0.2) is 0 Å². The van der Waals surface area contributed by atoms with Crippen molar-refractivity contribution in [3.63, 3.8) is 0 Å². The molecule has 12 heteroatoms. The Hall–Kier alpha value is -2.57. The molecule has 0 bridgehead atoms. The first-order chi connectivity index (χ1) is 16.0. The number of carbonyl (C=O) groups is 4. The van der Waals surface area contributed by atoms with Crippen molar-refractivity contribution in [3.8, 4) is 0 Å². The van der Waals surface area contributed by atoms with E-state index < -0.39 is 11.9 Å². The van der Waals surface area contributed by atoms with Gasteiger partial charge in [-0.05, 0) is 18.6 Å². The number of hydrogen-bond acceptors (Lipinski definition) is 8. The predicted molar refractivity (Wildman–Crippen MR) is 124 cm³/mol. The van der Waals surface area contributed by atoms with Crippen LogP contribution in [0.25, 0.3) is 0 Å². The number of fused-ring (bicyclic) bond motifs is 1. The molecule has 1 aromatic carbocycles. The van der Waals surface area contributed by atoms with Crippen molar-refractivity contribution in [2.75, 3.05) is 51.5 Å². The van der Waals surface area contributed by atoms with E-state index >= 15 is 0 Å². The van der Waals surface area contributed by atoms with Crippen LogP contribution in [-0.2, 0) is 35.1 Å². The highest BCUT2D eigenvalue weighted by atomic mass is 35.5. The van der Waals surface area contributed by atoms with Crippen LogP contribution in [-0.4, -0.2) is 80.8 Å². The van der Waals surface area contributed by atoms with Crippen molar-refractivity contribution < 1.29 is 33.4 Å². The van der Waals surface area contributed by atoms with E-state index in [1.807, 2.05) is 0 Å². The normalized spacial score (nSPS) is 17.3. The number of nitrogens with one attached hydrogen (secondary N) is 2. The number of nitrogens with two attached hydrogens (primary N) is 1. The summed E-state index contributed by atoms with van der Waals surface area (Å²) in [6.45, 7) is 3.10. The van der Waals surface area contributed by atoms with Crippen LogP contribution >= 0.6 is 12.4 Å². The Morgan fingerprint density at radius 3 is 2.41 bits per heavy atom. The van der Waals surface area contributed by atoms with Gasteiger partial charge in [0.2, 0.25) is 17.7 Å². The summed E-state index contributed by atoms with van der Waals surface area (Å²) < 4.78 is 15.9. The predicted octanol–water partition coefficient (Wildman–Crippen LogP) is 0.207. The van der Waals surface area contributed by atoms with Crippen molar-refractivity contribution in [2.24, 2.45) is 5.73 Å². The molecule has 1 saturated heterocycles. The maximum absolute atomic E-state index is 12.8. The van der Waals surface area contributed by atoms with E-state index in [1.54, 1.807) is 18.2 Å². The third kappa shape index (κ3) is 7.47. The number of rotatable bonds is 13. The Morgan fingerprint density at radius 2 is 1.74 bits per heavy atom. The lowest BCUT2D eigenvalue weighted by molar-refractivity contribution is -0.137. The molecular formula is C22H31ClN4O7. The molecule has 2 aliphatic heterocycles. The number of nitrogens with zero attached hydrogens (tertiary/aromatic N) is 1. The Morgan fingerprint density at radius 1 is 1.06 bits per heavy atom. The molecule has 0 radical (unpaired) electrons. The van der Waals surface area contributed by atoms with Crippen molar-refractivity contribution in [1.29, 1.82) is 0 Å². The largest absolute Gasteiger partial charge is 0.379 e. The summed E-state index contributed by atoms with van der Waals surface area (Å²) in [5.74, 6) is -1.33. The molecule has 0 aliphatic carbocycles. The van der Waals surface area contributed by atoms with E-state index in [0.29, 0.717) is 56.4 Å². The molecule has 3 rings (SSSR count). The molecule has 4 N–H and O–H groups in total. The van der Waals surface area contributed by atoms with Gasteiger partial charge < -0.3 is 30.2 Å². The summed E-state index contributed by atoms with van der Waals surface area (Å²) in [5, 5.41) is 5.10. The number of anilines is 1. The lowest BCUT2D eigenvalue weighted by Crippen LogP contribution is -2.52. The van der Waals surface area contributed by atoms with Crippen LogP contribution in [0.2, 0.25) is 0 Å². The SMILES string of the molecule is Cl.NCCOCCOCCOCCC(=O)Nc1cccc2c1CN(C1CCC(=O)NC1=O)C2=O. The summed E-state index contributed by atoms with van der Waals surface area (Å²) >= 11 is 0. The van der Waals surface area contributed by atoms with E-state index in [-0.39, 0.29) is 62.5 Å². The lowest BCUT2D eigenvalue weighted by atomic mass is 10.0. The van der Waals surface area contributed by atoms with Crippen LogP contribution in [0, 0.1) is 0 Å². The molecule has 1 unspecified atom stereocenters. The minimum atomic E-state index is -0.700. The Labute approximate surface area is 204 Å². The summed E-state index contributed by atoms with van der Waals surface area (Å²) in [5.41, 5.74) is 6.95. The Balaban J connectivity index is 0.00000408. The molecule has 0 spiro atoms. The number of piperidine rings is 1. The fraction of sp³-hybridized carbons (Fsp3) is 0.545. The molecular weight excluding hydrogens is 468 g/mol. The van der Waals surface area contributed by atoms with Crippen molar-refractivity contribution in [3.05, 3.63) is 29.3 Å². The minimum absolute atomic E-state index is 0. The van der Waals surface area contributed by atoms with Crippen LogP contribution in [0.4, 0.5) is 5.69 Å². The fourth-order valence-electron chi connectivity index (χ4n) is 3.71. The van der Waals surface area contributed by atoms with E-state index in [0.717, 1.165) is 0 Å². The first-order valence-corrected chi connectivity index (χ1v) is 11.0. The van der Waals surface area contributed by atoms with Gasteiger partial charge in [0.15, 0.2) is 0 Å². The average molecular weight is 499 g/mol. The lowest BCUT2D eigenvalue weighted by Gasteiger charge is -2.29. The number of benzene rings is 1. The van der Waals surface area contributed by atoms with Gasteiger partial charge >= 0.3 is 0 Å². The van der Waals surface area contributed by atoms with Crippen LogP contribution in [0.3, 0.4) is 0 Å². The molecule has 34 heavy (non-hydrogen) atoms. The Kier molecular flexibility index (Phi) is 11.4. The van der Waals surface area contributed by atoms with Crippen molar-refractivity contribution in [2.45, 2.75) is 31.8 Å². The van der Waals surface area contributed by atoms with Crippen LogP contribution in [0.5, 0.6) is 0 Å². The van der Waals surface area contributed by atoms with Gasteiger partial charge in [-0.1, -0.05) is 6.07 Å². The zero-order chi connectivity index (χ0) is 23.6.